The molecule has 0 amide bonds. The Morgan fingerprint density at radius 3 is 2.69 bits per heavy atom. The van der Waals surface area contributed by atoms with E-state index < -0.39 is 6.10 Å². The van der Waals surface area contributed by atoms with Crippen LogP contribution in [0.5, 0.6) is 0 Å². The van der Waals surface area contributed by atoms with Crippen molar-refractivity contribution < 1.29 is 5.11 Å². The van der Waals surface area contributed by atoms with Gasteiger partial charge in [-0.05, 0) is 38.2 Å². The van der Waals surface area contributed by atoms with Crippen LogP contribution in [0.2, 0.25) is 0 Å². The van der Waals surface area contributed by atoms with Crippen LogP contribution >= 0.6 is 0 Å². The van der Waals surface area contributed by atoms with Crippen LogP contribution in [-0.2, 0) is 6.54 Å². The summed E-state index contributed by atoms with van der Waals surface area (Å²) < 4.78 is 5.68. The molecule has 0 aliphatic heterocycles. The van der Waals surface area contributed by atoms with E-state index in [0.29, 0.717) is 12.6 Å². The Morgan fingerprint density at radius 2 is 1.93 bits per heavy atom. The average Bonchev–Trinajstić information content (AvgIpc) is 3.11. The average molecular weight is 391 g/mol. The Labute approximate surface area is 168 Å². The lowest BCUT2D eigenvalue weighted by Crippen LogP contribution is -2.11. The topological polar surface area (TPSA) is 86.1 Å². The Morgan fingerprint density at radius 1 is 1.10 bits per heavy atom. The van der Waals surface area contributed by atoms with E-state index in [9.17, 15) is 5.11 Å². The number of rotatable bonds is 7. The zero-order valence-electron chi connectivity index (χ0n) is 16.7. The largest absolute Gasteiger partial charge is 0.391 e. The number of nitrogens with zero attached hydrogens (tertiary/aromatic N) is 7. The maximum Gasteiger partial charge on any atom is 0.0999 e. The zero-order valence-corrected chi connectivity index (χ0v) is 16.7. The number of aliphatic hydroxyl groups excluding tert-OH is 1. The molecule has 2 atom stereocenters. The van der Waals surface area contributed by atoms with Crippen molar-refractivity contribution in [3.63, 3.8) is 0 Å². The lowest BCUT2D eigenvalue weighted by atomic mass is 10.1. The fourth-order valence-electron chi connectivity index (χ4n) is 4.00. The molecule has 8 heteroatoms. The first-order valence-electron chi connectivity index (χ1n) is 10.2. The summed E-state index contributed by atoms with van der Waals surface area (Å²) >= 11 is 0. The highest BCUT2D eigenvalue weighted by atomic mass is 16.3. The standard InChI is InChI=1S/C21H25N7O/c1-3-19(15-4-5-15)27-12-17(9-24-27)21-20-6-7-22-28(20)13-18(25-21)16-8-23-26(11-16)10-14(2)29/h6-9,11-15,19,29H,3-5,10H2,1-2H3/t14-,19?/m0/s1. The van der Waals surface area contributed by atoms with Crippen LogP contribution in [0.4, 0.5) is 0 Å². The number of hydrogen-bond acceptors (Lipinski definition) is 5. The quantitative estimate of drug-likeness (QED) is 0.523. The second kappa shape index (κ2) is 7.11. The van der Waals surface area contributed by atoms with Crippen molar-refractivity contribution in [3.8, 4) is 22.5 Å². The Balaban J connectivity index is 1.55. The zero-order chi connectivity index (χ0) is 20.0. The minimum Gasteiger partial charge on any atom is -0.391 e. The molecule has 1 N–H and O–H groups in total. The van der Waals surface area contributed by atoms with Gasteiger partial charge in [-0.1, -0.05) is 6.92 Å². The molecule has 5 rings (SSSR count). The number of aromatic nitrogens is 7. The minimum atomic E-state index is -0.455. The highest BCUT2D eigenvalue weighted by Gasteiger charge is 2.31. The van der Waals surface area contributed by atoms with E-state index in [1.807, 2.05) is 29.2 Å². The predicted octanol–water partition coefficient (Wildman–Crippen LogP) is 3.20. The van der Waals surface area contributed by atoms with Gasteiger partial charge in [-0.2, -0.15) is 15.3 Å². The van der Waals surface area contributed by atoms with Crippen molar-refractivity contribution in [3.05, 3.63) is 43.2 Å². The van der Waals surface area contributed by atoms with Crippen molar-refractivity contribution in [1.29, 1.82) is 0 Å². The van der Waals surface area contributed by atoms with Crippen LogP contribution in [0, 0.1) is 5.92 Å². The van der Waals surface area contributed by atoms with Gasteiger partial charge < -0.3 is 5.11 Å². The van der Waals surface area contributed by atoms with Gasteiger partial charge in [0.1, 0.15) is 0 Å². The van der Waals surface area contributed by atoms with E-state index in [4.69, 9.17) is 4.98 Å². The molecule has 0 saturated heterocycles. The van der Waals surface area contributed by atoms with Gasteiger partial charge >= 0.3 is 0 Å². The summed E-state index contributed by atoms with van der Waals surface area (Å²) in [6.07, 6.45) is 14.6. The van der Waals surface area contributed by atoms with E-state index in [0.717, 1.165) is 40.4 Å². The SMILES string of the molecule is CCC(C1CC1)n1cc(-c2nc(-c3cnn(C[C@H](C)O)c3)cn3nccc23)cn1. The summed E-state index contributed by atoms with van der Waals surface area (Å²) in [7, 11) is 0. The van der Waals surface area contributed by atoms with Gasteiger partial charge in [-0.25, -0.2) is 9.50 Å². The monoisotopic (exact) mass is 391 g/mol. The van der Waals surface area contributed by atoms with E-state index in [-0.39, 0.29) is 0 Å². The van der Waals surface area contributed by atoms with Gasteiger partial charge in [0.15, 0.2) is 0 Å². The smallest absolute Gasteiger partial charge is 0.0999 e. The van der Waals surface area contributed by atoms with E-state index >= 15 is 0 Å². The van der Waals surface area contributed by atoms with Crippen LogP contribution < -0.4 is 0 Å². The van der Waals surface area contributed by atoms with Crippen molar-refractivity contribution in [2.24, 2.45) is 5.92 Å². The number of aliphatic hydroxyl groups is 1. The van der Waals surface area contributed by atoms with Crippen molar-refractivity contribution in [2.45, 2.75) is 51.8 Å². The molecule has 0 aromatic carbocycles. The summed E-state index contributed by atoms with van der Waals surface area (Å²) in [6, 6.07) is 2.44. The maximum atomic E-state index is 9.60. The summed E-state index contributed by atoms with van der Waals surface area (Å²) in [5.41, 5.74) is 4.48. The third-order valence-corrected chi connectivity index (χ3v) is 5.57. The van der Waals surface area contributed by atoms with Crippen molar-refractivity contribution in [1.82, 2.24) is 34.2 Å². The van der Waals surface area contributed by atoms with Gasteiger partial charge in [0, 0.05) is 23.5 Å². The Bertz CT molecular complexity index is 1140. The molecule has 4 aromatic rings. The summed E-state index contributed by atoms with van der Waals surface area (Å²) in [5.74, 6) is 0.752. The molecule has 1 unspecified atom stereocenters. The van der Waals surface area contributed by atoms with Crippen LogP contribution in [-0.4, -0.2) is 45.4 Å². The van der Waals surface area contributed by atoms with Crippen molar-refractivity contribution >= 4 is 5.52 Å². The molecule has 29 heavy (non-hydrogen) atoms. The first-order valence-corrected chi connectivity index (χ1v) is 10.2. The van der Waals surface area contributed by atoms with E-state index in [2.05, 4.69) is 33.1 Å². The van der Waals surface area contributed by atoms with Gasteiger partial charge in [-0.15, -0.1) is 0 Å². The maximum absolute atomic E-state index is 9.60. The Kier molecular flexibility index (Phi) is 4.43. The van der Waals surface area contributed by atoms with Gasteiger partial charge in [-0.3, -0.25) is 9.36 Å². The molecule has 1 saturated carbocycles. The molecule has 1 fully saturated rings. The first-order chi connectivity index (χ1) is 14.1. The van der Waals surface area contributed by atoms with Crippen molar-refractivity contribution in [2.75, 3.05) is 0 Å². The third-order valence-electron chi connectivity index (χ3n) is 5.57. The lowest BCUT2D eigenvalue weighted by molar-refractivity contribution is 0.168. The van der Waals surface area contributed by atoms with Gasteiger partial charge in [0.25, 0.3) is 0 Å². The molecule has 0 spiro atoms. The van der Waals surface area contributed by atoms with Crippen LogP contribution in [0.3, 0.4) is 0 Å². The molecular formula is C21H25N7O. The third kappa shape index (κ3) is 3.44. The van der Waals surface area contributed by atoms with E-state index in [1.54, 1.807) is 24.0 Å². The molecule has 4 heterocycles. The second-order valence-electron chi connectivity index (χ2n) is 7.96. The van der Waals surface area contributed by atoms with Gasteiger partial charge in [0.05, 0.1) is 60.4 Å². The fourth-order valence-corrected chi connectivity index (χ4v) is 4.00. The second-order valence-corrected chi connectivity index (χ2v) is 7.96. The molecule has 150 valence electrons. The summed E-state index contributed by atoms with van der Waals surface area (Å²) in [4.78, 5) is 4.94. The molecular weight excluding hydrogens is 366 g/mol. The van der Waals surface area contributed by atoms with Crippen LogP contribution in [0.1, 0.15) is 39.2 Å². The summed E-state index contributed by atoms with van der Waals surface area (Å²) in [5, 5.41) is 23.0. The molecule has 0 bridgehead atoms. The van der Waals surface area contributed by atoms with E-state index in [1.165, 1.54) is 12.8 Å². The first kappa shape index (κ1) is 18.1. The van der Waals surface area contributed by atoms with Gasteiger partial charge in [0.2, 0.25) is 0 Å². The van der Waals surface area contributed by atoms with Crippen LogP contribution in [0.15, 0.2) is 43.2 Å². The molecule has 8 nitrogen and oxygen atoms in total. The fraction of sp³-hybridized carbons (Fsp3) is 0.429. The van der Waals surface area contributed by atoms with Crippen LogP contribution in [0.25, 0.3) is 28.0 Å². The molecule has 1 aliphatic carbocycles. The number of hydrogen-bond donors (Lipinski definition) is 1. The molecule has 4 aromatic heterocycles. The Hall–Kier alpha value is -3.00. The normalized spacial score (nSPS) is 16.4. The predicted molar refractivity (Wildman–Crippen MR) is 109 cm³/mol. The highest BCUT2D eigenvalue weighted by Crippen LogP contribution is 2.41. The molecule has 1 aliphatic rings. The minimum absolute atomic E-state index is 0.448. The molecule has 0 radical (unpaired) electrons. The highest BCUT2D eigenvalue weighted by molar-refractivity contribution is 5.78. The summed E-state index contributed by atoms with van der Waals surface area (Å²) in [6.45, 7) is 4.42. The lowest BCUT2D eigenvalue weighted by Gasteiger charge is -2.14. The number of fused-ring (bicyclic) bond motifs is 1.